The van der Waals surface area contributed by atoms with Gasteiger partial charge in [-0.15, -0.1) is 5.06 Å². The highest BCUT2D eigenvalue weighted by molar-refractivity contribution is 6.37. The van der Waals surface area contributed by atoms with Crippen LogP contribution < -0.4 is 5.01 Å². The molecule has 11 heteroatoms. The van der Waals surface area contributed by atoms with Crippen LogP contribution in [0.1, 0.15) is 55.4 Å². The Morgan fingerprint density at radius 3 is 2.09 bits per heavy atom. The van der Waals surface area contributed by atoms with Crippen molar-refractivity contribution in [2.24, 2.45) is 10.3 Å². The van der Waals surface area contributed by atoms with Crippen molar-refractivity contribution >= 4 is 35.3 Å². The number of rotatable bonds is 4. The van der Waals surface area contributed by atoms with Crippen LogP contribution in [0.25, 0.3) is 0 Å². The molecular formula is C23H32N4O7. The third kappa shape index (κ3) is 5.64. The summed E-state index contributed by atoms with van der Waals surface area (Å²) in [5.41, 5.74) is -3.50. The second-order valence-corrected chi connectivity index (χ2v) is 9.54. The van der Waals surface area contributed by atoms with Gasteiger partial charge in [-0.05, 0) is 67.5 Å². The largest absolute Gasteiger partial charge is 0.534 e. The molecule has 34 heavy (non-hydrogen) atoms. The topological polar surface area (TPSA) is 119 Å². The van der Waals surface area contributed by atoms with Gasteiger partial charge >= 0.3 is 12.2 Å². The van der Waals surface area contributed by atoms with Crippen molar-refractivity contribution in [1.29, 1.82) is 0 Å². The van der Waals surface area contributed by atoms with Gasteiger partial charge in [0.05, 0.1) is 17.1 Å². The van der Waals surface area contributed by atoms with Crippen molar-refractivity contribution in [3.8, 4) is 0 Å². The molecule has 1 aromatic rings. The molecule has 0 saturated carbocycles. The minimum Gasteiger partial charge on any atom is -0.442 e. The minimum absolute atomic E-state index is 0.0194. The predicted octanol–water partition coefficient (Wildman–Crippen LogP) is 4.27. The summed E-state index contributed by atoms with van der Waals surface area (Å²) in [4.78, 5) is 50.2. The van der Waals surface area contributed by atoms with E-state index in [2.05, 4.69) is 10.3 Å². The maximum atomic E-state index is 13.9. The Balaban J connectivity index is 2.69. The van der Waals surface area contributed by atoms with Gasteiger partial charge in [0, 0.05) is 0 Å². The number of nitrogens with zero attached hydrogens (tertiary/aromatic N) is 4. The van der Waals surface area contributed by atoms with Crippen LogP contribution in [-0.2, 0) is 23.9 Å². The molecule has 1 atom stereocenters. The van der Waals surface area contributed by atoms with E-state index in [9.17, 15) is 14.4 Å². The molecule has 186 valence electrons. The van der Waals surface area contributed by atoms with Gasteiger partial charge in [0.25, 0.3) is 5.91 Å². The average molecular weight is 477 g/mol. The predicted molar refractivity (Wildman–Crippen MR) is 125 cm³/mol. The first-order valence-electron chi connectivity index (χ1n) is 10.6. The molecule has 0 spiro atoms. The highest BCUT2D eigenvalue weighted by atomic mass is 16.8. The zero-order chi connectivity index (χ0) is 25.9. The fraction of sp³-hybridized carbons (Fsp3) is 0.522. The summed E-state index contributed by atoms with van der Waals surface area (Å²) in [7, 11) is 1.28. The molecule has 0 aromatic heterocycles. The van der Waals surface area contributed by atoms with E-state index < -0.39 is 34.9 Å². The zero-order valence-electron chi connectivity index (χ0n) is 21.0. The molecule has 1 heterocycles. The summed E-state index contributed by atoms with van der Waals surface area (Å²) in [6.45, 7) is 12.7. The summed E-state index contributed by atoms with van der Waals surface area (Å²) in [5.74, 6) is -0.732. The molecule has 0 N–H and O–H groups in total. The van der Waals surface area contributed by atoms with E-state index in [-0.39, 0.29) is 11.4 Å². The van der Waals surface area contributed by atoms with E-state index in [1.54, 1.807) is 71.9 Å². The molecule has 0 radical (unpaired) electrons. The van der Waals surface area contributed by atoms with Crippen LogP contribution in [0.5, 0.6) is 0 Å². The molecule has 0 bridgehead atoms. The van der Waals surface area contributed by atoms with Gasteiger partial charge < -0.3 is 14.3 Å². The smallest absolute Gasteiger partial charge is 0.442 e. The molecular weight excluding hydrogens is 444 g/mol. The van der Waals surface area contributed by atoms with Crippen LogP contribution in [0.15, 0.2) is 40.6 Å². The molecule has 2 rings (SSSR count). The van der Waals surface area contributed by atoms with Crippen LogP contribution in [0.4, 0.5) is 15.3 Å². The summed E-state index contributed by atoms with van der Waals surface area (Å²) < 4.78 is 10.7. The maximum Gasteiger partial charge on any atom is 0.534 e. The Kier molecular flexibility index (Phi) is 7.59. The number of hydrazone groups is 1. The number of benzene rings is 1. The van der Waals surface area contributed by atoms with Gasteiger partial charge in [-0.1, -0.05) is 23.4 Å². The second kappa shape index (κ2) is 9.70. The van der Waals surface area contributed by atoms with Crippen LogP contribution in [0.3, 0.4) is 0 Å². The SMILES string of the molecule is CON=C(C)C1(N(OC(=O)OC(C)(C)C)C(=O)OC(C)(C)C)C(=O)N(c2ccccc2)N=C1C. The highest BCUT2D eigenvalue weighted by Crippen LogP contribution is 2.34. The number of anilines is 1. The Morgan fingerprint density at radius 2 is 1.59 bits per heavy atom. The number of carbonyl (C=O) groups excluding carboxylic acids is 3. The maximum absolute atomic E-state index is 13.9. The Morgan fingerprint density at radius 1 is 1.03 bits per heavy atom. The summed E-state index contributed by atoms with van der Waals surface area (Å²) in [6, 6.07) is 8.57. The van der Waals surface area contributed by atoms with Gasteiger partial charge in [-0.2, -0.15) is 10.1 Å². The molecule has 0 aliphatic carbocycles. The van der Waals surface area contributed by atoms with E-state index in [0.717, 1.165) is 5.01 Å². The number of ether oxygens (including phenoxy) is 2. The molecule has 2 amide bonds. The molecule has 1 unspecified atom stereocenters. The average Bonchev–Trinajstić information content (AvgIpc) is 2.95. The third-order valence-corrected chi connectivity index (χ3v) is 4.45. The van der Waals surface area contributed by atoms with Gasteiger partial charge in [-0.25, -0.2) is 9.59 Å². The summed E-state index contributed by atoms with van der Waals surface area (Å²) in [6.07, 6.45) is -2.34. The lowest BCUT2D eigenvalue weighted by molar-refractivity contribution is -0.164. The number of hydroxylamine groups is 2. The molecule has 11 nitrogen and oxygen atoms in total. The number of para-hydroxylation sites is 1. The normalized spacial score (nSPS) is 18.9. The monoisotopic (exact) mass is 476 g/mol. The lowest BCUT2D eigenvalue weighted by atomic mass is 9.88. The fourth-order valence-corrected chi connectivity index (χ4v) is 3.21. The molecule has 1 aliphatic heterocycles. The fourth-order valence-electron chi connectivity index (χ4n) is 3.21. The molecule has 1 aliphatic rings. The van der Waals surface area contributed by atoms with Crippen molar-refractivity contribution in [1.82, 2.24) is 5.06 Å². The third-order valence-electron chi connectivity index (χ3n) is 4.45. The van der Waals surface area contributed by atoms with E-state index in [1.807, 2.05) is 0 Å². The van der Waals surface area contributed by atoms with Crippen LogP contribution in [-0.4, -0.2) is 58.5 Å². The first-order chi connectivity index (χ1) is 15.6. The van der Waals surface area contributed by atoms with Crippen molar-refractivity contribution in [3.05, 3.63) is 30.3 Å². The Hall–Kier alpha value is -3.63. The number of hydrogen-bond donors (Lipinski definition) is 0. The van der Waals surface area contributed by atoms with Crippen LogP contribution in [0, 0.1) is 0 Å². The number of carbonyl (C=O) groups is 3. The standard InChI is InChI=1S/C23H32N4O7/c1-15-23(16(2)25-31-9,18(28)26(24-15)17-13-11-10-12-14-17)27(19(29)32-21(3,4)5)34-20(30)33-22(6,7)8/h10-14H,1-9H3. The van der Waals surface area contributed by atoms with Crippen molar-refractivity contribution in [2.75, 3.05) is 12.1 Å². The van der Waals surface area contributed by atoms with Crippen LogP contribution >= 0.6 is 0 Å². The first kappa shape index (κ1) is 26.6. The molecule has 1 aromatic carbocycles. The van der Waals surface area contributed by atoms with E-state index in [4.69, 9.17) is 19.1 Å². The van der Waals surface area contributed by atoms with Gasteiger partial charge in [0.2, 0.25) is 5.54 Å². The van der Waals surface area contributed by atoms with Gasteiger partial charge in [0.1, 0.15) is 18.3 Å². The van der Waals surface area contributed by atoms with E-state index in [0.29, 0.717) is 10.8 Å². The van der Waals surface area contributed by atoms with Crippen molar-refractivity contribution in [2.45, 2.75) is 72.1 Å². The number of hydrogen-bond acceptors (Lipinski definition) is 9. The summed E-state index contributed by atoms with van der Waals surface area (Å²) in [5, 5.41) is 9.86. The zero-order valence-corrected chi connectivity index (χ0v) is 21.0. The number of oxime groups is 1. The Labute approximate surface area is 199 Å². The summed E-state index contributed by atoms with van der Waals surface area (Å²) >= 11 is 0. The first-order valence-corrected chi connectivity index (χ1v) is 10.6. The highest BCUT2D eigenvalue weighted by Gasteiger charge is 2.62. The van der Waals surface area contributed by atoms with E-state index in [1.165, 1.54) is 21.0 Å². The quantitative estimate of drug-likeness (QED) is 0.361. The molecule has 0 fully saturated rings. The second-order valence-electron chi connectivity index (χ2n) is 9.54. The van der Waals surface area contributed by atoms with Crippen molar-refractivity contribution in [3.63, 3.8) is 0 Å². The van der Waals surface area contributed by atoms with Gasteiger partial charge in [-0.3, -0.25) is 9.63 Å². The number of amides is 2. The lowest BCUT2D eigenvalue weighted by Gasteiger charge is -2.37. The van der Waals surface area contributed by atoms with Gasteiger partial charge in [0.15, 0.2) is 0 Å². The lowest BCUT2D eigenvalue weighted by Crippen LogP contribution is -2.66. The van der Waals surface area contributed by atoms with Crippen molar-refractivity contribution < 1.29 is 33.5 Å². The molecule has 0 saturated heterocycles. The van der Waals surface area contributed by atoms with Crippen LogP contribution in [0.2, 0.25) is 0 Å². The minimum atomic E-state index is -2.09. The Bertz CT molecular complexity index is 993. The van der Waals surface area contributed by atoms with E-state index >= 15 is 0 Å².